The van der Waals surface area contributed by atoms with Gasteiger partial charge < -0.3 is 20.6 Å². The summed E-state index contributed by atoms with van der Waals surface area (Å²) in [5.74, 6) is 0.670. The van der Waals surface area contributed by atoms with Gasteiger partial charge in [-0.2, -0.15) is 0 Å². The molecule has 2 heterocycles. The first-order valence-corrected chi connectivity index (χ1v) is 8.49. The molecule has 6 heteroatoms. The van der Waals surface area contributed by atoms with E-state index < -0.39 is 0 Å². The highest BCUT2D eigenvalue weighted by Crippen LogP contribution is 2.24. The van der Waals surface area contributed by atoms with Gasteiger partial charge in [-0.1, -0.05) is 0 Å². The average Bonchev–Trinajstić information content (AvgIpc) is 2.56. The predicted octanol–water partition coefficient (Wildman–Crippen LogP) is 1.76. The van der Waals surface area contributed by atoms with Gasteiger partial charge in [0.1, 0.15) is 0 Å². The Bertz CT molecular complexity index is 461. The highest BCUT2D eigenvalue weighted by molar-refractivity contribution is 5.74. The van der Waals surface area contributed by atoms with Gasteiger partial charge in [0.2, 0.25) is 0 Å². The lowest BCUT2D eigenvalue weighted by Gasteiger charge is -2.33. The van der Waals surface area contributed by atoms with Crippen LogP contribution < -0.4 is 15.5 Å². The summed E-state index contributed by atoms with van der Waals surface area (Å²) in [5, 5.41) is 14.6. The topological polar surface area (TPSA) is 77.5 Å². The van der Waals surface area contributed by atoms with E-state index in [9.17, 15) is 4.79 Å². The summed E-state index contributed by atoms with van der Waals surface area (Å²) in [6, 6.07) is 3.98. The molecule has 0 bridgehead atoms. The summed E-state index contributed by atoms with van der Waals surface area (Å²) in [4.78, 5) is 18.1. The maximum Gasteiger partial charge on any atom is 0.314 e. The number of carbonyl (C=O) groups is 1. The fraction of sp³-hybridized carbons (Fsp3) is 0.647. The number of amides is 2. The zero-order valence-corrected chi connectivity index (χ0v) is 13.9. The molecule has 6 nitrogen and oxygen atoms in total. The van der Waals surface area contributed by atoms with Crippen LogP contribution in [0.1, 0.15) is 32.6 Å². The standard InChI is InChI=1S/C17H28N4O2/c1-14(7-13-22)20-17(23)19-10-2-15-5-11-21(12-6-15)16-3-8-18-9-4-16/h3-4,8-9,14-15,22H,2,5-7,10-13H2,1H3,(H2,19,20,23). The van der Waals surface area contributed by atoms with Crippen LogP contribution in [-0.4, -0.2) is 48.4 Å². The number of aliphatic hydroxyl groups is 1. The second kappa shape index (κ2) is 9.35. The van der Waals surface area contributed by atoms with Crippen LogP contribution in [0, 0.1) is 5.92 Å². The molecular formula is C17H28N4O2. The molecule has 0 spiro atoms. The Balaban J connectivity index is 1.61. The van der Waals surface area contributed by atoms with Gasteiger partial charge in [-0.15, -0.1) is 0 Å². The van der Waals surface area contributed by atoms with Gasteiger partial charge in [-0.05, 0) is 50.7 Å². The average molecular weight is 320 g/mol. The molecule has 0 aliphatic carbocycles. The number of urea groups is 1. The molecule has 128 valence electrons. The van der Waals surface area contributed by atoms with Gasteiger partial charge in [0, 0.05) is 50.4 Å². The Morgan fingerprint density at radius 1 is 1.39 bits per heavy atom. The van der Waals surface area contributed by atoms with Crippen LogP contribution in [0.5, 0.6) is 0 Å². The molecule has 0 aromatic carbocycles. The third-order valence-electron chi connectivity index (χ3n) is 4.42. The molecule has 23 heavy (non-hydrogen) atoms. The van der Waals surface area contributed by atoms with E-state index in [2.05, 4.69) is 32.7 Å². The number of rotatable bonds is 7. The van der Waals surface area contributed by atoms with Crippen molar-refractivity contribution in [2.75, 3.05) is 31.1 Å². The Morgan fingerprint density at radius 3 is 2.74 bits per heavy atom. The van der Waals surface area contributed by atoms with Crippen molar-refractivity contribution in [1.82, 2.24) is 15.6 Å². The molecule has 1 fully saturated rings. The Hall–Kier alpha value is -1.82. The zero-order chi connectivity index (χ0) is 16.5. The molecule has 2 amide bonds. The van der Waals surface area contributed by atoms with Crippen molar-refractivity contribution in [2.24, 2.45) is 5.92 Å². The van der Waals surface area contributed by atoms with E-state index >= 15 is 0 Å². The molecule has 1 saturated heterocycles. The van der Waals surface area contributed by atoms with Crippen molar-refractivity contribution < 1.29 is 9.90 Å². The van der Waals surface area contributed by atoms with E-state index in [1.165, 1.54) is 5.69 Å². The zero-order valence-electron chi connectivity index (χ0n) is 13.9. The largest absolute Gasteiger partial charge is 0.396 e. The summed E-state index contributed by atoms with van der Waals surface area (Å²) in [6.07, 6.45) is 7.59. The van der Waals surface area contributed by atoms with E-state index in [0.29, 0.717) is 18.9 Å². The van der Waals surface area contributed by atoms with Crippen molar-refractivity contribution >= 4 is 11.7 Å². The van der Waals surface area contributed by atoms with Crippen LogP contribution in [0.25, 0.3) is 0 Å². The number of nitrogens with one attached hydrogen (secondary N) is 2. The maximum absolute atomic E-state index is 11.7. The minimum Gasteiger partial charge on any atom is -0.396 e. The molecule has 1 atom stereocenters. The van der Waals surface area contributed by atoms with Gasteiger partial charge >= 0.3 is 6.03 Å². The number of nitrogens with zero attached hydrogens (tertiary/aromatic N) is 2. The van der Waals surface area contributed by atoms with Crippen molar-refractivity contribution in [3.05, 3.63) is 24.5 Å². The molecule has 1 aliphatic rings. The molecule has 3 N–H and O–H groups in total. The number of hydrogen-bond donors (Lipinski definition) is 3. The lowest BCUT2D eigenvalue weighted by Crippen LogP contribution is -2.42. The number of carbonyl (C=O) groups excluding carboxylic acids is 1. The Morgan fingerprint density at radius 2 is 2.09 bits per heavy atom. The number of anilines is 1. The smallest absolute Gasteiger partial charge is 0.314 e. The predicted molar refractivity (Wildman–Crippen MR) is 91.5 cm³/mol. The van der Waals surface area contributed by atoms with E-state index in [-0.39, 0.29) is 18.7 Å². The molecule has 1 unspecified atom stereocenters. The number of piperidine rings is 1. The van der Waals surface area contributed by atoms with Gasteiger partial charge in [0.05, 0.1) is 0 Å². The van der Waals surface area contributed by atoms with E-state index in [4.69, 9.17) is 5.11 Å². The monoisotopic (exact) mass is 320 g/mol. The lowest BCUT2D eigenvalue weighted by molar-refractivity contribution is 0.230. The molecule has 1 aromatic rings. The van der Waals surface area contributed by atoms with Gasteiger partial charge in [0.15, 0.2) is 0 Å². The first-order valence-electron chi connectivity index (χ1n) is 8.49. The second-order valence-corrected chi connectivity index (χ2v) is 6.24. The highest BCUT2D eigenvalue weighted by Gasteiger charge is 2.19. The van der Waals surface area contributed by atoms with Crippen molar-refractivity contribution in [1.29, 1.82) is 0 Å². The number of hydrogen-bond acceptors (Lipinski definition) is 4. The van der Waals surface area contributed by atoms with Gasteiger partial charge in [-0.3, -0.25) is 4.98 Å². The molecule has 1 aromatic heterocycles. The molecule has 0 saturated carbocycles. The Labute approximate surface area is 138 Å². The maximum atomic E-state index is 11.7. The Kier molecular flexibility index (Phi) is 7.13. The van der Waals surface area contributed by atoms with Gasteiger partial charge in [0.25, 0.3) is 0 Å². The van der Waals surface area contributed by atoms with Crippen molar-refractivity contribution in [3.8, 4) is 0 Å². The van der Waals surface area contributed by atoms with Crippen LogP contribution in [0.2, 0.25) is 0 Å². The summed E-state index contributed by atoms with van der Waals surface area (Å²) in [6.45, 7) is 4.82. The first-order chi connectivity index (χ1) is 11.2. The molecule has 0 radical (unpaired) electrons. The van der Waals surface area contributed by atoms with Crippen molar-refractivity contribution in [3.63, 3.8) is 0 Å². The summed E-state index contributed by atoms with van der Waals surface area (Å²) < 4.78 is 0. The van der Waals surface area contributed by atoms with Crippen LogP contribution in [0.3, 0.4) is 0 Å². The third kappa shape index (κ3) is 6.06. The number of aliphatic hydroxyl groups excluding tert-OH is 1. The normalized spacial score (nSPS) is 16.9. The quantitative estimate of drug-likeness (QED) is 0.715. The van der Waals surface area contributed by atoms with E-state index in [1.807, 2.05) is 19.3 Å². The fourth-order valence-corrected chi connectivity index (χ4v) is 2.97. The minimum absolute atomic E-state index is 0.00333. The third-order valence-corrected chi connectivity index (χ3v) is 4.42. The van der Waals surface area contributed by atoms with E-state index in [0.717, 1.165) is 32.4 Å². The van der Waals surface area contributed by atoms with Crippen LogP contribution in [0.4, 0.5) is 10.5 Å². The van der Waals surface area contributed by atoms with Crippen LogP contribution in [-0.2, 0) is 0 Å². The fourth-order valence-electron chi connectivity index (χ4n) is 2.97. The SMILES string of the molecule is CC(CCO)NC(=O)NCCC1CCN(c2ccncc2)CC1. The lowest BCUT2D eigenvalue weighted by atomic mass is 9.93. The second-order valence-electron chi connectivity index (χ2n) is 6.24. The van der Waals surface area contributed by atoms with Crippen LogP contribution in [0.15, 0.2) is 24.5 Å². The molecular weight excluding hydrogens is 292 g/mol. The molecule has 1 aliphatic heterocycles. The first kappa shape index (κ1) is 17.5. The van der Waals surface area contributed by atoms with Crippen molar-refractivity contribution in [2.45, 2.75) is 38.6 Å². The number of aromatic nitrogens is 1. The van der Waals surface area contributed by atoms with Gasteiger partial charge in [-0.25, -0.2) is 4.79 Å². The molecule has 2 rings (SSSR count). The summed E-state index contributed by atoms with van der Waals surface area (Å²) >= 11 is 0. The number of pyridine rings is 1. The van der Waals surface area contributed by atoms with Crippen LogP contribution >= 0.6 is 0 Å². The van der Waals surface area contributed by atoms with E-state index in [1.54, 1.807) is 0 Å². The highest BCUT2D eigenvalue weighted by atomic mass is 16.3. The summed E-state index contributed by atoms with van der Waals surface area (Å²) in [5.41, 5.74) is 1.24. The summed E-state index contributed by atoms with van der Waals surface area (Å²) in [7, 11) is 0. The minimum atomic E-state index is -0.139.